The number of nitrogens with two attached hydrogens (primary N) is 1. The second kappa shape index (κ2) is 5.29. The molecule has 1 aromatic heterocycles. The number of anilines is 1. The minimum atomic E-state index is -0.890. The Morgan fingerprint density at radius 3 is 2.47 bits per heavy atom. The third-order valence-corrected chi connectivity index (χ3v) is 3.11. The Bertz CT molecular complexity index is 505. The van der Waals surface area contributed by atoms with E-state index in [1.54, 1.807) is 27.8 Å². The van der Waals surface area contributed by atoms with Crippen LogP contribution in [0.2, 0.25) is 0 Å². The molecule has 1 heterocycles. The van der Waals surface area contributed by atoms with Crippen LogP contribution >= 0.6 is 0 Å². The lowest BCUT2D eigenvalue weighted by molar-refractivity contribution is -0.147. The molecule has 0 radical (unpaired) electrons. The SMILES string of the molecule is Cc1nn(C)c(N)c1C(=O)NCCC(C)(C)C(=O)O. The zero-order valence-electron chi connectivity index (χ0n) is 11.6. The molecule has 1 amide bonds. The molecule has 7 heteroatoms. The van der Waals surface area contributed by atoms with E-state index in [1.165, 1.54) is 4.68 Å². The molecule has 1 aromatic rings. The number of aryl methyl sites for hydroxylation is 2. The Hall–Kier alpha value is -2.05. The summed E-state index contributed by atoms with van der Waals surface area (Å²) in [7, 11) is 1.66. The quantitative estimate of drug-likeness (QED) is 0.722. The normalized spacial score (nSPS) is 11.4. The number of carboxylic acid groups (broad SMARTS) is 1. The number of carbonyl (C=O) groups excluding carboxylic acids is 1. The Morgan fingerprint density at radius 2 is 2.05 bits per heavy atom. The molecule has 4 N–H and O–H groups in total. The Labute approximate surface area is 111 Å². The number of hydrogen-bond donors (Lipinski definition) is 3. The van der Waals surface area contributed by atoms with Crippen molar-refractivity contribution < 1.29 is 14.7 Å². The van der Waals surface area contributed by atoms with Crippen LogP contribution in [0, 0.1) is 12.3 Å². The molecule has 0 saturated heterocycles. The largest absolute Gasteiger partial charge is 0.481 e. The summed E-state index contributed by atoms with van der Waals surface area (Å²) in [5.74, 6) is -0.921. The molecule has 0 saturated carbocycles. The van der Waals surface area contributed by atoms with E-state index in [1.807, 2.05) is 0 Å². The van der Waals surface area contributed by atoms with Crippen LogP contribution in [0.4, 0.5) is 5.82 Å². The highest BCUT2D eigenvalue weighted by atomic mass is 16.4. The average molecular weight is 268 g/mol. The maximum atomic E-state index is 12.0. The number of rotatable bonds is 5. The second-order valence-corrected chi connectivity index (χ2v) is 5.16. The molecular weight excluding hydrogens is 248 g/mol. The molecule has 0 aliphatic heterocycles. The molecular formula is C12H20N4O3. The summed E-state index contributed by atoms with van der Waals surface area (Å²) in [6.45, 7) is 5.20. The van der Waals surface area contributed by atoms with Crippen LogP contribution < -0.4 is 11.1 Å². The van der Waals surface area contributed by atoms with Crippen LogP contribution in [0.25, 0.3) is 0 Å². The topological polar surface area (TPSA) is 110 Å². The van der Waals surface area contributed by atoms with Crippen molar-refractivity contribution in [3.63, 3.8) is 0 Å². The molecule has 0 atom stereocenters. The first-order valence-corrected chi connectivity index (χ1v) is 5.97. The predicted octanol–water partition coefficient (Wildman–Crippen LogP) is 0.541. The van der Waals surface area contributed by atoms with Crippen LogP contribution in [-0.2, 0) is 11.8 Å². The number of nitrogens with one attached hydrogen (secondary N) is 1. The monoisotopic (exact) mass is 268 g/mol. The van der Waals surface area contributed by atoms with Gasteiger partial charge in [-0.25, -0.2) is 0 Å². The van der Waals surface area contributed by atoms with Crippen LogP contribution in [-0.4, -0.2) is 33.3 Å². The van der Waals surface area contributed by atoms with Crippen molar-refractivity contribution in [1.82, 2.24) is 15.1 Å². The number of nitrogen functional groups attached to an aromatic ring is 1. The number of aromatic nitrogens is 2. The molecule has 0 spiro atoms. The van der Waals surface area contributed by atoms with Crippen molar-refractivity contribution in [1.29, 1.82) is 0 Å². The molecule has 0 aromatic carbocycles. The molecule has 19 heavy (non-hydrogen) atoms. The van der Waals surface area contributed by atoms with Crippen LogP contribution in [0.15, 0.2) is 0 Å². The van der Waals surface area contributed by atoms with Gasteiger partial charge in [0.1, 0.15) is 11.4 Å². The summed E-state index contributed by atoms with van der Waals surface area (Å²) in [6.07, 6.45) is 0.341. The fraction of sp³-hybridized carbons (Fsp3) is 0.583. The van der Waals surface area contributed by atoms with Crippen LogP contribution in [0.5, 0.6) is 0 Å². The van der Waals surface area contributed by atoms with Crippen molar-refractivity contribution in [3.05, 3.63) is 11.3 Å². The van der Waals surface area contributed by atoms with Gasteiger partial charge in [0.15, 0.2) is 0 Å². The van der Waals surface area contributed by atoms with E-state index in [4.69, 9.17) is 10.8 Å². The number of carbonyl (C=O) groups is 2. The third kappa shape index (κ3) is 3.24. The van der Waals surface area contributed by atoms with Gasteiger partial charge in [0, 0.05) is 13.6 Å². The zero-order valence-corrected chi connectivity index (χ0v) is 11.6. The molecule has 0 bridgehead atoms. The first-order chi connectivity index (χ1) is 8.66. The zero-order chi connectivity index (χ0) is 14.8. The van der Waals surface area contributed by atoms with Crippen LogP contribution in [0.3, 0.4) is 0 Å². The minimum Gasteiger partial charge on any atom is -0.481 e. The van der Waals surface area contributed by atoms with Crippen molar-refractivity contribution in [2.24, 2.45) is 12.5 Å². The van der Waals surface area contributed by atoms with Gasteiger partial charge in [-0.2, -0.15) is 5.10 Å². The summed E-state index contributed by atoms with van der Waals surface area (Å²) in [5, 5.41) is 15.7. The van der Waals surface area contributed by atoms with Crippen molar-refractivity contribution in [2.75, 3.05) is 12.3 Å². The second-order valence-electron chi connectivity index (χ2n) is 5.16. The van der Waals surface area contributed by atoms with Gasteiger partial charge in [-0.1, -0.05) is 0 Å². The minimum absolute atomic E-state index is 0.270. The molecule has 1 rings (SSSR count). The van der Waals surface area contributed by atoms with E-state index in [9.17, 15) is 9.59 Å². The first-order valence-electron chi connectivity index (χ1n) is 5.97. The van der Waals surface area contributed by atoms with Gasteiger partial charge in [-0.15, -0.1) is 0 Å². The van der Waals surface area contributed by atoms with E-state index in [0.717, 1.165) is 0 Å². The summed E-state index contributed by atoms with van der Waals surface area (Å²) >= 11 is 0. The molecule has 0 unspecified atom stereocenters. The highest BCUT2D eigenvalue weighted by Crippen LogP contribution is 2.20. The lowest BCUT2D eigenvalue weighted by Gasteiger charge is -2.18. The lowest BCUT2D eigenvalue weighted by atomic mass is 9.90. The standard InChI is InChI=1S/C12H20N4O3/c1-7-8(9(13)16(4)15-7)10(17)14-6-5-12(2,3)11(18)19/h5-6,13H2,1-4H3,(H,14,17)(H,18,19). The molecule has 0 aliphatic rings. The summed E-state index contributed by atoms with van der Waals surface area (Å²) in [5.41, 5.74) is 5.78. The van der Waals surface area contributed by atoms with Crippen molar-refractivity contribution in [2.45, 2.75) is 27.2 Å². The van der Waals surface area contributed by atoms with Gasteiger partial charge in [-0.05, 0) is 27.2 Å². The maximum Gasteiger partial charge on any atom is 0.309 e. The molecule has 106 valence electrons. The van der Waals surface area contributed by atoms with Gasteiger partial charge >= 0.3 is 5.97 Å². The van der Waals surface area contributed by atoms with E-state index in [0.29, 0.717) is 23.5 Å². The van der Waals surface area contributed by atoms with E-state index >= 15 is 0 Å². The van der Waals surface area contributed by atoms with Gasteiger partial charge in [0.25, 0.3) is 5.91 Å². The predicted molar refractivity (Wildman–Crippen MR) is 70.7 cm³/mol. The summed E-state index contributed by atoms with van der Waals surface area (Å²) < 4.78 is 1.44. The van der Waals surface area contributed by atoms with Gasteiger partial charge in [-0.3, -0.25) is 14.3 Å². The van der Waals surface area contributed by atoms with Gasteiger partial charge in [0.2, 0.25) is 0 Å². The highest BCUT2D eigenvalue weighted by molar-refractivity contribution is 5.99. The number of amides is 1. The Morgan fingerprint density at radius 1 is 1.47 bits per heavy atom. The summed E-state index contributed by atoms with van der Waals surface area (Å²) in [4.78, 5) is 22.9. The smallest absolute Gasteiger partial charge is 0.309 e. The fourth-order valence-electron chi connectivity index (χ4n) is 1.64. The number of aliphatic carboxylic acids is 1. The summed E-state index contributed by atoms with van der Waals surface area (Å²) in [6, 6.07) is 0. The molecule has 0 aliphatic carbocycles. The highest BCUT2D eigenvalue weighted by Gasteiger charge is 2.27. The maximum absolute atomic E-state index is 12.0. The average Bonchev–Trinajstić information content (AvgIpc) is 2.52. The number of hydrogen-bond acceptors (Lipinski definition) is 4. The van der Waals surface area contributed by atoms with Crippen molar-refractivity contribution in [3.8, 4) is 0 Å². The number of carboxylic acids is 1. The molecule has 0 fully saturated rings. The van der Waals surface area contributed by atoms with Crippen molar-refractivity contribution >= 4 is 17.7 Å². The number of nitrogens with zero attached hydrogens (tertiary/aromatic N) is 2. The van der Waals surface area contributed by atoms with E-state index in [-0.39, 0.29) is 12.5 Å². The first kappa shape index (κ1) is 15.0. The van der Waals surface area contributed by atoms with Gasteiger partial charge < -0.3 is 16.2 Å². The van der Waals surface area contributed by atoms with E-state index in [2.05, 4.69) is 10.4 Å². The van der Waals surface area contributed by atoms with Gasteiger partial charge in [0.05, 0.1) is 11.1 Å². The fourth-order valence-corrected chi connectivity index (χ4v) is 1.64. The Balaban J connectivity index is 2.65. The van der Waals surface area contributed by atoms with Crippen LogP contribution in [0.1, 0.15) is 36.3 Å². The third-order valence-electron chi connectivity index (χ3n) is 3.11. The molecule has 7 nitrogen and oxygen atoms in total. The van der Waals surface area contributed by atoms with E-state index < -0.39 is 11.4 Å². The lowest BCUT2D eigenvalue weighted by Crippen LogP contribution is -2.32. The Kier molecular flexibility index (Phi) is 4.18.